The Labute approximate surface area is 68.1 Å². The van der Waals surface area contributed by atoms with Crippen LogP contribution in [0.2, 0.25) is 0 Å². The summed E-state index contributed by atoms with van der Waals surface area (Å²) < 4.78 is -0.0278. The van der Waals surface area contributed by atoms with Gasteiger partial charge in [-0.05, 0) is 4.69 Å². The summed E-state index contributed by atoms with van der Waals surface area (Å²) in [4.78, 5) is 0. The van der Waals surface area contributed by atoms with E-state index < -0.39 is 0 Å². The predicted octanol–water partition coefficient (Wildman–Crippen LogP) is -0.295. The van der Waals surface area contributed by atoms with Crippen molar-refractivity contribution in [3.63, 3.8) is 0 Å². The Bertz CT molecular complexity index is 14.4. The van der Waals surface area contributed by atoms with Crippen LogP contribution in [0.15, 0.2) is 0 Å². The van der Waals surface area contributed by atoms with Crippen molar-refractivity contribution < 1.29 is 46.5 Å². The molecule has 0 atom stereocenters. The smallest absolute Gasteiger partial charge is 0.0243 e. The third-order valence-electron chi connectivity index (χ3n) is 0. The summed E-state index contributed by atoms with van der Waals surface area (Å²) in [5.41, 5.74) is 0. The van der Waals surface area contributed by atoms with Crippen LogP contribution in [0.5, 0.6) is 0 Å². The molecule has 3 N–H and O–H groups in total. The van der Waals surface area contributed by atoms with Gasteiger partial charge >= 0.3 is 0 Å². The number of halogens is 1. The van der Waals surface area contributed by atoms with Crippen LogP contribution < -0.4 is 5.84 Å². The van der Waals surface area contributed by atoms with Gasteiger partial charge in [0, 0.05) is 53.1 Å². The first kappa shape index (κ1) is 9.73. The van der Waals surface area contributed by atoms with Crippen LogP contribution in [-0.4, -0.2) is 9.90 Å². The van der Waals surface area contributed by atoms with Crippen molar-refractivity contribution >= 4 is 11.8 Å². The molecule has 0 bridgehead atoms. The maximum absolute atomic E-state index is 7.43. The molecule has 0 saturated heterocycles. The van der Waals surface area contributed by atoms with Crippen molar-refractivity contribution in [3.8, 4) is 0 Å². The minimum Gasteiger partial charge on any atom is -0.285 e. The summed E-state index contributed by atoms with van der Waals surface area (Å²) in [6.07, 6.45) is 0. The van der Waals surface area contributed by atoms with E-state index in [-0.39, 0.29) is 46.0 Å². The zero-order valence-corrected chi connectivity index (χ0v) is 6.89. The minimum absolute atomic E-state index is 0. The Balaban J connectivity index is 0. The Morgan fingerprint density at radius 3 is 1.80 bits per heavy atom. The summed E-state index contributed by atoms with van der Waals surface area (Å²) in [6, 6.07) is 0. The summed E-state index contributed by atoms with van der Waals surface area (Å²) >= 11 is 4.44. The molecule has 0 aliphatic rings. The van der Waals surface area contributed by atoms with E-state index >= 15 is 0 Å². The second-order valence-electron chi connectivity index (χ2n) is 0.289. The first-order valence-corrected chi connectivity index (χ1v) is 0.965. The van der Waals surface area contributed by atoms with E-state index in [1.54, 1.807) is 0 Å². The van der Waals surface area contributed by atoms with Crippen molar-refractivity contribution in [1.82, 2.24) is 4.69 Å². The molecule has 0 amide bonds. The van der Waals surface area contributed by atoms with Gasteiger partial charge in [-0.15, -0.1) is 0 Å². The molecule has 0 aliphatic heterocycles. The first-order chi connectivity index (χ1) is 1.73. The van der Waals surface area contributed by atoms with Gasteiger partial charge in [0.15, 0.2) is 0 Å². The second kappa shape index (κ2) is 5.53. The molecule has 0 aromatic carbocycles. The van der Waals surface area contributed by atoms with Gasteiger partial charge in [0.1, 0.15) is 0 Å². The van der Waals surface area contributed by atoms with Gasteiger partial charge in [-0.1, -0.05) is 0 Å². The Kier molecular flexibility index (Phi) is 10.8. The largest absolute Gasteiger partial charge is 0.285 e. The number of hydrogen-bond donors (Lipinski definition) is 2. The van der Waals surface area contributed by atoms with E-state index in [0.29, 0.717) is 0 Å². The molecule has 3 nitrogen and oxygen atoms in total. The fourth-order valence-corrected chi connectivity index (χ4v) is 0. The second-order valence-corrected chi connectivity index (χ2v) is 0.635. The van der Waals surface area contributed by atoms with Crippen LogP contribution in [-0.2, 0) is 0 Å². The SMILES string of the molecule is NN(O)Cl.[Pr]. The fourth-order valence-electron chi connectivity index (χ4n) is 0. The van der Waals surface area contributed by atoms with Crippen molar-refractivity contribution in [2.75, 3.05) is 0 Å². The van der Waals surface area contributed by atoms with Gasteiger partial charge in [-0.3, -0.25) is 5.21 Å². The van der Waals surface area contributed by atoms with Crippen LogP contribution in [0.1, 0.15) is 0 Å². The maximum Gasteiger partial charge on any atom is 0.0243 e. The third kappa shape index (κ3) is 29.4. The number of rotatable bonds is 0. The summed E-state index contributed by atoms with van der Waals surface area (Å²) in [7, 11) is 0. The standard InChI is InChI=1S/ClH3N2O.Pr/c1-3(2)4;/h4H,2H2;. The predicted molar refractivity (Wildman–Crippen MR) is 13.7 cm³/mol. The monoisotopic (exact) mass is 223 g/mol. The molecule has 0 saturated carbocycles. The molecule has 0 fully saturated rings. The Hall–Kier alpha value is 1.53. The average molecular weight is 223 g/mol. The minimum atomic E-state index is -0.0278. The van der Waals surface area contributed by atoms with E-state index in [1.807, 2.05) is 0 Å². The fraction of sp³-hybridized carbons (Fsp3) is 0. The van der Waals surface area contributed by atoms with Crippen LogP contribution in [0, 0.1) is 41.3 Å². The van der Waals surface area contributed by atoms with Gasteiger partial charge < -0.3 is 0 Å². The number of nitrogens with two attached hydrogens (primary N) is 1. The molecule has 0 heterocycles. The zero-order valence-electron chi connectivity index (χ0n) is 2.43. The summed E-state index contributed by atoms with van der Waals surface area (Å²) in [5.74, 6) is 4.27. The van der Waals surface area contributed by atoms with Gasteiger partial charge in [-0.2, -0.15) is 0 Å². The Morgan fingerprint density at radius 1 is 1.80 bits per heavy atom. The molecule has 0 aromatic rings. The van der Waals surface area contributed by atoms with Crippen molar-refractivity contribution in [3.05, 3.63) is 0 Å². The van der Waals surface area contributed by atoms with Gasteiger partial charge in [0.25, 0.3) is 0 Å². The van der Waals surface area contributed by atoms with Crippen molar-refractivity contribution in [2.45, 2.75) is 0 Å². The van der Waals surface area contributed by atoms with E-state index in [9.17, 15) is 0 Å². The molecule has 29 valence electrons. The van der Waals surface area contributed by atoms with E-state index in [1.165, 1.54) is 0 Å². The van der Waals surface area contributed by atoms with Crippen LogP contribution in [0.4, 0.5) is 0 Å². The molecular weight excluding hydrogens is 220 g/mol. The zero-order chi connectivity index (χ0) is 3.58. The number of hydrogen-bond acceptors (Lipinski definition) is 3. The van der Waals surface area contributed by atoms with E-state index in [0.717, 1.165) is 0 Å². The summed E-state index contributed by atoms with van der Waals surface area (Å²) in [6.45, 7) is 0. The molecule has 5 heteroatoms. The molecule has 5 heavy (non-hydrogen) atoms. The normalized spacial score (nSPS) is 7.20. The van der Waals surface area contributed by atoms with Gasteiger partial charge in [0.2, 0.25) is 0 Å². The van der Waals surface area contributed by atoms with Crippen LogP contribution in [0.3, 0.4) is 0 Å². The molecule has 0 unspecified atom stereocenters. The molecule has 0 rings (SSSR count). The van der Waals surface area contributed by atoms with Crippen molar-refractivity contribution in [2.24, 2.45) is 5.84 Å². The third-order valence-corrected chi connectivity index (χ3v) is 0. The summed E-state index contributed by atoms with van der Waals surface area (Å²) in [5, 5.41) is 7.43. The topological polar surface area (TPSA) is 49.5 Å². The van der Waals surface area contributed by atoms with Gasteiger partial charge in [-0.25, -0.2) is 5.84 Å². The van der Waals surface area contributed by atoms with E-state index in [2.05, 4.69) is 17.6 Å². The Morgan fingerprint density at radius 2 is 1.80 bits per heavy atom. The number of hydrazine groups is 1. The van der Waals surface area contributed by atoms with Gasteiger partial charge in [0.05, 0.1) is 0 Å². The molecule has 0 spiro atoms. The van der Waals surface area contributed by atoms with Crippen LogP contribution in [0.25, 0.3) is 0 Å². The quantitative estimate of drug-likeness (QED) is 0.337. The maximum atomic E-state index is 7.43. The van der Waals surface area contributed by atoms with E-state index in [4.69, 9.17) is 5.21 Å². The number of nitrogens with zero attached hydrogens (tertiary/aromatic N) is 1. The van der Waals surface area contributed by atoms with Crippen molar-refractivity contribution in [1.29, 1.82) is 0 Å². The molecular formula is H3ClN2OPr. The average Bonchev–Trinajstić information content (AvgIpc) is 0.811. The molecule has 1 radical (unpaired) electrons. The van der Waals surface area contributed by atoms with Crippen LogP contribution >= 0.6 is 11.8 Å². The molecule has 0 aliphatic carbocycles. The molecule has 0 aromatic heterocycles. The first-order valence-electron chi connectivity index (χ1n) is 0.627.